The van der Waals surface area contributed by atoms with Crippen LogP contribution in [0.3, 0.4) is 0 Å². The van der Waals surface area contributed by atoms with Crippen molar-refractivity contribution in [3.05, 3.63) is 47.8 Å². The van der Waals surface area contributed by atoms with E-state index < -0.39 is 0 Å². The smallest absolute Gasteiger partial charge is 0.312 e. The fraction of sp³-hybridized carbons (Fsp3) is 0.478. The van der Waals surface area contributed by atoms with Crippen LogP contribution < -0.4 is 0 Å². The summed E-state index contributed by atoms with van der Waals surface area (Å²) in [6.07, 6.45) is 7.76. The number of nitrogens with zero attached hydrogens (tertiary/aromatic N) is 4. The van der Waals surface area contributed by atoms with Gasteiger partial charge in [-0.15, -0.1) is 0 Å². The van der Waals surface area contributed by atoms with Crippen molar-refractivity contribution in [1.82, 2.24) is 19.8 Å². The second-order valence-electron chi connectivity index (χ2n) is 8.54. The molecule has 6 heteroatoms. The number of fused-ring (bicyclic) bond motifs is 2. The van der Waals surface area contributed by atoms with Gasteiger partial charge in [0.05, 0.1) is 5.69 Å². The van der Waals surface area contributed by atoms with Gasteiger partial charge in [-0.05, 0) is 44.1 Å². The van der Waals surface area contributed by atoms with E-state index in [0.29, 0.717) is 26.2 Å². The molecule has 1 spiro atoms. The van der Waals surface area contributed by atoms with Crippen LogP contribution in [0.5, 0.6) is 0 Å². The lowest BCUT2D eigenvalue weighted by Crippen LogP contribution is -2.52. The normalized spacial score (nSPS) is 23.4. The summed E-state index contributed by atoms with van der Waals surface area (Å²) >= 11 is 0. The second kappa shape index (κ2) is 7.25. The molecule has 2 aliphatic heterocycles. The van der Waals surface area contributed by atoms with Crippen molar-refractivity contribution < 1.29 is 9.59 Å². The van der Waals surface area contributed by atoms with E-state index in [1.165, 1.54) is 5.56 Å². The molecule has 0 saturated carbocycles. The van der Waals surface area contributed by atoms with Crippen molar-refractivity contribution in [2.75, 3.05) is 26.2 Å². The Kier molecular flexibility index (Phi) is 4.57. The van der Waals surface area contributed by atoms with Crippen LogP contribution in [0.4, 0.5) is 0 Å². The van der Waals surface area contributed by atoms with Gasteiger partial charge in [0.1, 0.15) is 0 Å². The van der Waals surface area contributed by atoms with Gasteiger partial charge in [-0.25, -0.2) is 9.97 Å². The maximum atomic E-state index is 12.9. The molecule has 1 unspecified atom stereocenters. The average molecular weight is 390 g/mol. The molecule has 150 valence electrons. The van der Waals surface area contributed by atoms with Gasteiger partial charge in [0.25, 0.3) is 0 Å². The van der Waals surface area contributed by atoms with Gasteiger partial charge < -0.3 is 9.80 Å². The van der Waals surface area contributed by atoms with E-state index in [1.807, 2.05) is 36.5 Å². The molecular weight excluding hydrogens is 364 g/mol. The topological polar surface area (TPSA) is 66.4 Å². The van der Waals surface area contributed by atoms with Crippen LogP contribution in [-0.4, -0.2) is 57.8 Å². The number of aromatic nitrogens is 2. The molecule has 6 nitrogen and oxygen atoms in total. The molecule has 0 radical (unpaired) electrons. The summed E-state index contributed by atoms with van der Waals surface area (Å²) in [5.41, 5.74) is 3.12. The zero-order valence-electron chi connectivity index (χ0n) is 16.6. The summed E-state index contributed by atoms with van der Waals surface area (Å²) in [5, 5.41) is 0. The Morgan fingerprint density at radius 3 is 2.41 bits per heavy atom. The maximum absolute atomic E-state index is 12.9. The predicted molar refractivity (Wildman–Crippen MR) is 109 cm³/mol. The molecule has 3 heterocycles. The van der Waals surface area contributed by atoms with Crippen molar-refractivity contribution in [3.8, 4) is 11.4 Å². The summed E-state index contributed by atoms with van der Waals surface area (Å²) < 4.78 is 0. The molecule has 0 N–H and O–H groups in total. The van der Waals surface area contributed by atoms with E-state index >= 15 is 0 Å². The highest BCUT2D eigenvalue weighted by Gasteiger charge is 2.46. The third kappa shape index (κ3) is 3.20. The number of aryl methyl sites for hydroxylation is 1. The first-order chi connectivity index (χ1) is 14.2. The van der Waals surface area contributed by atoms with Crippen molar-refractivity contribution in [1.29, 1.82) is 0 Å². The van der Waals surface area contributed by atoms with Crippen LogP contribution in [-0.2, 0) is 21.4 Å². The van der Waals surface area contributed by atoms with E-state index in [-0.39, 0.29) is 17.2 Å². The summed E-state index contributed by atoms with van der Waals surface area (Å²) in [6.45, 7) is 2.66. The highest BCUT2D eigenvalue weighted by Crippen LogP contribution is 2.44. The molecule has 1 aliphatic carbocycles. The van der Waals surface area contributed by atoms with Crippen molar-refractivity contribution in [3.63, 3.8) is 0 Å². The highest BCUT2D eigenvalue weighted by atomic mass is 16.2. The fourth-order valence-electron chi connectivity index (χ4n) is 5.16. The Bertz CT molecular complexity index is 935. The lowest BCUT2D eigenvalue weighted by molar-refractivity contribution is -0.152. The van der Waals surface area contributed by atoms with Gasteiger partial charge in [-0.3, -0.25) is 9.59 Å². The van der Waals surface area contributed by atoms with E-state index in [0.717, 1.165) is 55.6 Å². The number of carbonyl (C=O) groups excluding carboxylic acids is 2. The monoisotopic (exact) mass is 390 g/mol. The number of rotatable bonds is 1. The average Bonchev–Trinajstić information content (AvgIpc) is 3.43. The van der Waals surface area contributed by atoms with Gasteiger partial charge >= 0.3 is 11.8 Å². The molecule has 2 aromatic rings. The molecule has 1 aromatic carbocycles. The number of hydrogen-bond acceptors (Lipinski definition) is 4. The lowest BCUT2D eigenvalue weighted by atomic mass is 9.77. The molecule has 2 fully saturated rings. The van der Waals surface area contributed by atoms with E-state index in [9.17, 15) is 9.59 Å². The zero-order chi connectivity index (χ0) is 19.8. The second-order valence-corrected chi connectivity index (χ2v) is 8.54. The third-order valence-corrected chi connectivity index (χ3v) is 6.71. The molecule has 29 heavy (non-hydrogen) atoms. The highest BCUT2D eigenvalue weighted by molar-refractivity contribution is 6.35. The van der Waals surface area contributed by atoms with Gasteiger partial charge in [0, 0.05) is 43.4 Å². The van der Waals surface area contributed by atoms with Crippen molar-refractivity contribution >= 4 is 11.8 Å². The SMILES string of the molecule is O=C(C(=O)N1CCCC2(CCc3cnc(-c4ccccc4)nc32)C1)N1CCCC1. The first kappa shape index (κ1) is 18.3. The Labute approximate surface area is 170 Å². The molecule has 3 aliphatic rings. The number of likely N-dealkylation sites (tertiary alicyclic amines) is 2. The van der Waals surface area contributed by atoms with E-state index in [2.05, 4.69) is 4.98 Å². The first-order valence-electron chi connectivity index (χ1n) is 10.7. The third-order valence-electron chi connectivity index (χ3n) is 6.71. The minimum Gasteiger partial charge on any atom is -0.334 e. The number of hydrogen-bond donors (Lipinski definition) is 0. The van der Waals surface area contributed by atoms with Gasteiger partial charge in [0.15, 0.2) is 5.82 Å². The van der Waals surface area contributed by atoms with E-state index in [1.54, 1.807) is 9.80 Å². The van der Waals surface area contributed by atoms with Gasteiger partial charge in [0.2, 0.25) is 0 Å². The summed E-state index contributed by atoms with van der Waals surface area (Å²) in [6, 6.07) is 10.0. The zero-order valence-corrected chi connectivity index (χ0v) is 16.6. The lowest BCUT2D eigenvalue weighted by Gasteiger charge is -2.40. The van der Waals surface area contributed by atoms with Crippen molar-refractivity contribution in [2.45, 2.75) is 43.9 Å². The molecule has 5 rings (SSSR count). The summed E-state index contributed by atoms with van der Waals surface area (Å²) in [5.74, 6) is 0.0735. The number of piperidine rings is 1. The van der Waals surface area contributed by atoms with Gasteiger partial charge in [-0.1, -0.05) is 30.3 Å². The molecule has 1 aromatic heterocycles. The molecule has 2 saturated heterocycles. The molecule has 0 bridgehead atoms. The van der Waals surface area contributed by atoms with E-state index in [4.69, 9.17) is 4.98 Å². The van der Waals surface area contributed by atoms with Crippen LogP contribution >= 0.6 is 0 Å². The quantitative estimate of drug-likeness (QED) is 0.702. The Morgan fingerprint density at radius 1 is 0.897 bits per heavy atom. The maximum Gasteiger partial charge on any atom is 0.312 e. The van der Waals surface area contributed by atoms with Crippen LogP contribution in [0, 0.1) is 0 Å². The number of carbonyl (C=O) groups is 2. The Morgan fingerprint density at radius 2 is 1.62 bits per heavy atom. The van der Waals surface area contributed by atoms with Gasteiger partial charge in [-0.2, -0.15) is 0 Å². The fourth-order valence-corrected chi connectivity index (χ4v) is 5.16. The predicted octanol–water partition coefficient (Wildman–Crippen LogP) is 2.57. The molecule has 2 amide bonds. The summed E-state index contributed by atoms with van der Waals surface area (Å²) in [7, 11) is 0. The molecular formula is C23H26N4O2. The Hall–Kier alpha value is -2.76. The summed E-state index contributed by atoms with van der Waals surface area (Å²) in [4.78, 5) is 38.6. The minimum atomic E-state index is -0.336. The largest absolute Gasteiger partial charge is 0.334 e. The standard InChI is InChI=1S/C23H26N4O2/c28-21(26-12-4-5-13-26)22(29)27-14-6-10-23(16-27)11-9-18-15-24-20(25-19(18)23)17-7-2-1-3-8-17/h1-3,7-8,15H,4-6,9-14,16H2. The minimum absolute atomic E-state index is 0.152. The molecule has 1 atom stereocenters. The van der Waals surface area contributed by atoms with Crippen LogP contribution in [0.2, 0.25) is 0 Å². The number of benzene rings is 1. The van der Waals surface area contributed by atoms with Crippen LogP contribution in [0.25, 0.3) is 11.4 Å². The van der Waals surface area contributed by atoms with Crippen LogP contribution in [0.15, 0.2) is 36.5 Å². The Balaban J connectivity index is 1.42. The first-order valence-corrected chi connectivity index (χ1v) is 10.7. The van der Waals surface area contributed by atoms with Crippen LogP contribution in [0.1, 0.15) is 43.4 Å². The van der Waals surface area contributed by atoms with Crippen molar-refractivity contribution in [2.24, 2.45) is 0 Å². The number of amides is 2.